The van der Waals surface area contributed by atoms with Crippen molar-refractivity contribution in [2.45, 2.75) is 32.4 Å². The molecule has 1 heterocycles. The van der Waals surface area contributed by atoms with E-state index in [9.17, 15) is 4.79 Å². The van der Waals surface area contributed by atoms with Crippen LogP contribution in [0.3, 0.4) is 0 Å². The van der Waals surface area contributed by atoms with Crippen LogP contribution in [0.5, 0.6) is 0 Å². The van der Waals surface area contributed by atoms with Gasteiger partial charge in [0.2, 0.25) is 0 Å². The molecule has 2 atom stereocenters. The molecule has 0 bridgehead atoms. The van der Waals surface area contributed by atoms with Crippen LogP contribution in [-0.2, 0) is 4.79 Å². The lowest BCUT2D eigenvalue weighted by atomic mass is 10.00. The lowest BCUT2D eigenvalue weighted by Gasteiger charge is -2.11. The van der Waals surface area contributed by atoms with Crippen LogP contribution >= 0.6 is 0 Å². The van der Waals surface area contributed by atoms with Crippen molar-refractivity contribution in [3.8, 4) is 0 Å². The van der Waals surface area contributed by atoms with E-state index in [1.807, 2.05) is 0 Å². The summed E-state index contributed by atoms with van der Waals surface area (Å²) in [5, 5.41) is 8.61. The van der Waals surface area contributed by atoms with Crippen LogP contribution in [-0.4, -0.2) is 23.2 Å². The van der Waals surface area contributed by atoms with Gasteiger partial charge in [-0.3, -0.25) is 10.2 Å². The maximum Gasteiger partial charge on any atom is 0.322 e. The van der Waals surface area contributed by atoms with Crippen molar-refractivity contribution in [2.24, 2.45) is 5.92 Å². The Morgan fingerprint density at radius 1 is 1.55 bits per heavy atom. The third-order valence-electron chi connectivity index (χ3n) is 2.04. The first kappa shape index (κ1) is 8.49. The van der Waals surface area contributed by atoms with Crippen LogP contribution in [0.1, 0.15) is 20.3 Å². The largest absolute Gasteiger partial charge is 0.480 e. The van der Waals surface area contributed by atoms with Gasteiger partial charge in [-0.1, -0.05) is 13.8 Å². The van der Waals surface area contributed by atoms with Gasteiger partial charge in [-0.05, 0) is 12.3 Å². The van der Waals surface area contributed by atoms with Crippen LogP contribution in [0, 0.1) is 5.92 Å². The Bertz CT molecular complexity index is 159. The van der Waals surface area contributed by atoms with Crippen molar-refractivity contribution in [1.82, 2.24) is 10.9 Å². The molecule has 1 saturated heterocycles. The molecule has 4 nitrogen and oxygen atoms in total. The van der Waals surface area contributed by atoms with Gasteiger partial charge in [0, 0.05) is 6.04 Å². The second-order valence-electron chi connectivity index (χ2n) is 3.27. The monoisotopic (exact) mass is 158 g/mol. The Kier molecular flexibility index (Phi) is 2.46. The van der Waals surface area contributed by atoms with E-state index in [1.165, 1.54) is 0 Å². The standard InChI is InChI=1S/C7H14N2O2/c1-4(2)5-3-6(7(10)11)9-8-5/h4-6,8-9H,3H2,1-2H3,(H,10,11). The number of hydrazine groups is 1. The molecule has 4 heteroatoms. The normalized spacial score (nSPS) is 31.2. The predicted molar refractivity (Wildman–Crippen MR) is 40.9 cm³/mol. The molecule has 1 fully saturated rings. The Morgan fingerprint density at radius 3 is 2.45 bits per heavy atom. The number of aliphatic carboxylic acids is 1. The SMILES string of the molecule is CC(C)C1CC(C(=O)O)NN1. The fourth-order valence-corrected chi connectivity index (χ4v) is 1.18. The quantitative estimate of drug-likeness (QED) is 0.528. The second kappa shape index (κ2) is 3.19. The topological polar surface area (TPSA) is 61.4 Å². The van der Waals surface area contributed by atoms with Gasteiger partial charge in [0.1, 0.15) is 6.04 Å². The zero-order valence-corrected chi connectivity index (χ0v) is 6.79. The van der Waals surface area contributed by atoms with Gasteiger partial charge in [-0.25, -0.2) is 5.43 Å². The molecule has 11 heavy (non-hydrogen) atoms. The molecule has 0 aliphatic carbocycles. The molecule has 0 aromatic carbocycles. The van der Waals surface area contributed by atoms with E-state index in [0.717, 1.165) is 0 Å². The molecule has 0 saturated carbocycles. The molecule has 1 aliphatic heterocycles. The molecule has 0 spiro atoms. The minimum Gasteiger partial charge on any atom is -0.480 e. The van der Waals surface area contributed by atoms with Crippen molar-refractivity contribution in [3.05, 3.63) is 0 Å². The summed E-state index contributed by atoms with van der Waals surface area (Å²) in [7, 11) is 0. The number of carboxylic acid groups (broad SMARTS) is 1. The first-order chi connectivity index (χ1) is 5.11. The van der Waals surface area contributed by atoms with E-state index in [2.05, 4.69) is 24.7 Å². The number of nitrogens with one attached hydrogen (secondary N) is 2. The lowest BCUT2D eigenvalue weighted by molar-refractivity contribution is -0.139. The van der Waals surface area contributed by atoms with Gasteiger partial charge < -0.3 is 5.11 Å². The summed E-state index contributed by atoms with van der Waals surface area (Å²) >= 11 is 0. The van der Waals surface area contributed by atoms with Gasteiger partial charge >= 0.3 is 5.97 Å². The summed E-state index contributed by atoms with van der Waals surface area (Å²) in [4.78, 5) is 10.5. The molecule has 0 aromatic heterocycles. The third-order valence-corrected chi connectivity index (χ3v) is 2.04. The van der Waals surface area contributed by atoms with Gasteiger partial charge in [-0.2, -0.15) is 0 Å². The van der Waals surface area contributed by atoms with E-state index < -0.39 is 12.0 Å². The fraction of sp³-hybridized carbons (Fsp3) is 0.857. The highest BCUT2D eigenvalue weighted by atomic mass is 16.4. The number of carbonyl (C=O) groups is 1. The van der Waals surface area contributed by atoms with Crippen molar-refractivity contribution in [2.75, 3.05) is 0 Å². The van der Waals surface area contributed by atoms with E-state index in [4.69, 9.17) is 5.11 Å². The average molecular weight is 158 g/mol. The fourth-order valence-electron chi connectivity index (χ4n) is 1.18. The van der Waals surface area contributed by atoms with Crippen LogP contribution in [0.4, 0.5) is 0 Å². The van der Waals surface area contributed by atoms with E-state index in [0.29, 0.717) is 12.3 Å². The van der Waals surface area contributed by atoms with E-state index in [-0.39, 0.29) is 6.04 Å². The minimum atomic E-state index is -0.777. The van der Waals surface area contributed by atoms with Crippen molar-refractivity contribution in [1.29, 1.82) is 0 Å². The van der Waals surface area contributed by atoms with Crippen LogP contribution < -0.4 is 10.9 Å². The second-order valence-corrected chi connectivity index (χ2v) is 3.27. The van der Waals surface area contributed by atoms with Crippen LogP contribution in [0.25, 0.3) is 0 Å². The number of rotatable bonds is 2. The Balaban J connectivity index is 2.41. The Labute approximate surface area is 65.9 Å². The van der Waals surface area contributed by atoms with Crippen molar-refractivity contribution < 1.29 is 9.90 Å². The maximum absolute atomic E-state index is 10.5. The molecule has 1 aliphatic rings. The number of carboxylic acids is 1. The smallest absolute Gasteiger partial charge is 0.322 e. The highest BCUT2D eigenvalue weighted by Crippen LogP contribution is 2.12. The summed E-state index contributed by atoms with van der Waals surface area (Å²) < 4.78 is 0. The summed E-state index contributed by atoms with van der Waals surface area (Å²) in [6.07, 6.45) is 0.674. The lowest BCUT2D eigenvalue weighted by Crippen LogP contribution is -2.38. The average Bonchev–Trinajstić information content (AvgIpc) is 2.33. The molecule has 0 amide bonds. The van der Waals surface area contributed by atoms with Crippen LogP contribution in [0.2, 0.25) is 0 Å². The predicted octanol–water partition coefficient (Wildman–Crippen LogP) is -0.0379. The Hall–Kier alpha value is -0.610. The maximum atomic E-state index is 10.5. The molecule has 3 N–H and O–H groups in total. The zero-order chi connectivity index (χ0) is 8.43. The summed E-state index contributed by atoms with van der Waals surface area (Å²) in [5.41, 5.74) is 5.69. The molecule has 1 rings (SSSR count). The zero-order valence-electron chi connectivity index (χ0n) is 6.79. The van der Waals surface area contributed by atoms with Crippen molar-refractivity contribution >= 4 is 5.97 Å². The van der Waals surface area contributed by atoms with E-state index >= 15 is 0 Å². The van der Waals surface area contributed by atoms with Crippen LogP contribution in [0.15, 0.2) is 0 Å². The van der Waals surface area contributed by atoms with Gasteiger partial charge in [0.25, 0.3) is 0 Å². The first-order valence-electron chi connectivity index (χ1n) is 3.85. The first-order valence-corrected chi connectivity index (χ1v) is 3.85. The summed E-state index contributed by atoms with van der Waals surface area (Å²) in [6, 6.07) is -0.126. The van der Waals surface area contributed by atoms with Crippen molar-refractivity contribution in [3.63, 3.8) is 0 Å². The number of hydrogen-bond acceptors (Lipinski definition) is 3. The van der Waals surface area contributed by atoms with Gasteiger partial charge in [0.05, 0.1) is 0 Å². The summed E-state index contributed by atoms with van der Waals surface area (Å²) in [5.74, 6) is -0.299. The van der Waals surface area contributed by atoms with Gasteiger partial charge in [-0.15, -0.1) is 0 Å². The molecular weight excluding hydrogens is 144 g/mol. The highest BCUT2D eigenvalue weighted by molar-refractivity contribution is 5.73. The molecule has 0 radical (unpaired) electrons. The molecular formula is C7H14N2O2. The Morgan fingerprint density at radius 2 is 2.18 bits per heavy atom. The molecule has 64 valence electrons. The van der Waals surface area contributed by atoms with E-state index in [1.54, 1.807) is 0 Å². The molecule has 2 unspecified atom stereocenters. The summed E-state index contributed by atoms with van der Waals surface area (Å²) in [6.45, 7) is 4.15. The molecule has 0 aromatic rings. The van der Waals surface area contributed by atoms with Gasteiger partial charge in [0.15, 0.2) is 0 Å². The highest BCUT2D eigenvalue weighted by Gasteiger charge is 2.30. The third kappa shape index (κ3) is 1.91. The minimum absolute atomic E-state index is 0.288. The number of hydrogen-bond donors (Lipinski definition) is 3.